The van der Waals surface area contributed by atoms with E-state index in [2.05, 4.69) is 86.5 Å². The van der Waals surface area contributed by atoms with Crippen molar-refractivity contribution in [2.24, 2.45) is 0 Å². The van der Waals surface area contributed by atoms with E-state index in [-0.39, 0.29) is 5.97 Å². The number of H-pyrrole nitrogens is 1. The molecule has 0 radical (unpaired) electrons. The maximum absolute atomic E-state index is 11.7. The van der Waals surface area contributed by atoms with Crippen LogP contribution in [0.2, 0.25) is 0 Å². The van der Waals surface area contributed by atoms with Crippen molar-refractivity contribution in [3.63, 3.8) is 0 Å². The van der Waals surface area contributed by atoms with Gasteiger partial charge in [0.25, 0.3) is 0 Å². The summed E-state index contributed by atoms with van der Waals surface area (Å²) in [6.07, 6.45) is 6.24. The van der Waals surface area contributed by atoms with Crippen molar-refractivity contribution in [1.29, 1.82) is 0 Å². The van der Waals surface area contributed by atoms with E-state index in [4.69, 9.17) is 4.74 Å². The standard InChI is InChI=1S/C32H32N4O2/c1-38-32(37)28-9-7-25(8-10-28)26-13-17-35(18-14-26)21-24-4-11-31-29(20-24)15-19-36(31)22-23-2-5-27(6-3-23)30-12-16-33-34-30/h2-12,15-16,19-20,26H,13-14,17-18,21-22H2,1H3,(H,33,34). The van der Waals surface area contributed by atoms with Crippen LogP contribution in [0.15, 0.2) is 91.3 Å². The second kappa shape index (κ2) is 10.7. The summed E-state index contributed by atoms with van der Waals surface area (Å²) in [5, 5.41) is 8.35. The Morgan fingerprint density at radius 2 is 1.68 bits per heavy atom. The van der Waals surface area contributed by atoms with Crippen molar-refractivity contribution in [2.45, 2.75) is 31.8 Å². The van der Waals surface area contributed by atoms with Crippen LogP contribution in [0.4, 0.5) is 0 Å². The molecule has 1 saturated heterocycles. The summed E-state index contributed by atoms with van der Waals surface area (Å²) in [5.41, 5.74) is 8.01. The van der Waals surface area contributed by atoms with Crippen molar-refractivity contribution in [2.75, 3.05) is 20.2 Å². The lowest BCUT2D eigenvalue weighted by molar-refractivity contribution is 0.0600. The number of ether oxygens (including phenoxy) is 1. The minimum Gasteiger partial charge on any atom is -0.465 e. The van der Waals surface area contributed by atoms with Crippen LogP contribution in [0.25, 0.3) is 22.2 Å². The summed E-state index contributed by atoms with van der Waals surface area (Å²) in [5.74, 6) is 0.265. The van der Waals surface area contributed by atoms with E-state index < -0.39 is 0 Å². The van der Waals surface area contributed by atoms with E-state index >= 15 is 0 Å². The van der Waals surface area contributed by atoms with Crippen LogP contribution in [-0.2, 0) is 17.8 Å². The van der Waals surface area contributed by atoms with Crippen molar-refractivity contribution in [3.05, 3.63) is 114 Å². The Bertz CT molecular complexity index is 1510. The topological polar surface area (TPSA) is 63.1 Å². The molecule has 0 unspecified atom stereocenters. The van der Waals surface area contributed by atoms with Crippen LogP contribution < -0.4 is 0 Å². The smallest absolute Gasteiger partial charge is 0.337 e. The third kappa shape index (κ3) is 5.13. The molecule has 2 aromatic heterocycles. The third-order valence-electron chi connectivity index (χ3n) is 7.75. The van der Waals surface area contributed by atoms with Crippen LogP contribution in [0, 0.1) is 0 Å². The van der Waals surface area contributed by atoms with Gasteiger partial charge in [-0.25, -0.2) is 4.79 Å². The zero-order valence-electron chi connectivity index (χ0n) is 21.6. The third-order valence-corrected chi connectivity index (χ3v) is 7.75. The number of hydrogen-bond donors (Lipinski definition) is 1. The molecule has 6 nitrogen and oxygen atoms in total. The molecule has 6 heteroatoms. The highest BCUT2D eigenvalue weighted by Gasteiger charge is 2.21. The van der Waals surface area contributed by atoms with Gasteiger partial charge < -0.3 is 9.30 Å². The molecule has 0 atom stereocenters. The second-order valence-electron chi connectivity index (χ2n) is 10.2. The summed E-state index contributed by atoms with van der Waals surface area (Å²) in [6, 6.07) is 27.7. The number of nitrogens with zero attached hydrogens (tertiary/aromatic N) is 3. The summed E-state index contributed by atoms with van der Waals surface area (Å²) in [7, 11) is 1.42. The zero-order chi connectivity index (χ0) is 25.9. The van der Waals surface area contributed by atoms with E-state index in [0.29, 0.717) is 11.5 Å². The number of likely N-dealkylation sites (tertiary alicyclic amines) is 1. The van der Waals surface area contributed by atoms with Gasteiger partial charge in [0, 0.05) is 31.0 Å². The lowest BCUT2D eigenvalue weighted by Crippen LogP contribution is -2.32. The summed E-state index contributed by atoms with van der Waals surface area (Å²) < 4.78 is 7.13. The first-order valence-electron chi connectivity index (χ1n) is 13.2. The summed E-state index contributed by atoms with van der Waals surface area (Å²) >= 11 is 0. The molecular formula is C32H32N4O2. The fourth-order valence-corrected chi connectivity index (χ4v) is 5.58. The van der Waals surface area contributed by atoms with Crippen LogP contribution in [0.1, 0.15) is 45.8 Å². The molecule has 192 valence electrons. The Morgan fingerprint density at radius 1 is 0.921 bits per heavy atom. The molecule has 1 fully saturated rings. The number of rotatable bonds is 7. The Kier molecular flexibility index (Phi) is 6.80. The molecule has 0 bridgehead atoms. The number of aromatic nitrogens is 3. The number of nitrogens with one attached hydrogen (secondary N) is 1. The van der Waals surface area contributed by atoms with Crippen molar-refractivity contribution in [3.8, 4) is 11.3 Å². The Labute approximate surface area is 222 Å². The Hall–Kier alpha value is -4.16. The minimum atomic E-state index is -0.279. The highest BCUT2D eigenvalue weighted by atomic mass is 16.5. The van der Waals surface area contributed by atoms with E-state index in [1.165, 1.54) is 34.7 Å². The molecule has 1 N–H and O–H groups in total. The number of piperidine rings is 1. The van der Waals surface area contributed by atoms with Gasteiger partial charge in [0.1, 0.15) is 0 Å². The number of esters is 1. The van der Waals surface area contributed by atoms with Crippen molar-refractivity contribution in [1.82, 2.24) is 19.7 Å². The maximum atomic E-state index is 11.7. The van der Waals surface area contributed by atoms with Crippen LogP contribution in [0.5, 0.6) is 0 Å². The van der Waals surface area contributed by atoms with Gasteiger partial charge in [-0.1, -0.05) is 42.5 Å². The van der Waals surface area contributed by atoms with Crippen molar-refractivity contribution >= 4 is 16.9 Å². The fourth-order valence-electron chi connectivity index (χ4n) is 5.58. The molecule has 3 aromatic carbocycles. The highest BCUT2D eigenvalue weighted by molar-refractivity contribution is 5.89. The highest BCUT2D eigenvalue weighted by Crippen LogP contribution is 2.29. The second-order valence-corrected chi connectivity index (χ2v) is 10.2. The number of fused-ring (bicyclic) bond motifs is 1. The molecule has 0 spiro atoms. The average molecular weight is 505 g/mol. The lowest BCUT2D eigenvalue weighted by Gasteiger charge is -2.32. The van der Waals surface area contributed by atoms with Gasteiger partial charge in [-0.3, -0.25) is 10.00 Å². The van der Waals surface area contributed by atoms with Gasteiger partial charge in [-0.05, 0) is 95.9 Å². The molecule has 1 aliphatic rings. The molecular weight excluding hydrogens is 472 g/mol. The molecule has 0 saturated carbocycles. The van der Waals surface area contributed by atoms with Gasteiger partial charge in [0.2, 0.25) is 0 Å². The first-order chi connectivity index (χ1) is 18.7. The largest absolute Gasteiger partial charge is 0.465 e. The molecule has 3 heterocycles. The number of carbonyl (C=O) groups excluding carboxylic acids is 1. The van der Waals surface area contributed by atoms with Crippen LogP contribution in [0.3, 0.4) is 0 Å². The quantitative estimate of drug-likeness (QED) is 0.266. The normalized spacial score (nSPS) is 14.7. The minimum absolute atomic E-state index is 0.279. The van der Waals surface area contributed by atoms with E-state index in [9.17, 15) is 4.79 Å². The number of carbonyl (C=O) groups is 1. The van der Waals surface area contributed by atoms with E-state index in [0.717, 1.165) is 50.3 Å². The van der Waals surface area contributed by atoms with Gasteiger partial charge in [0.05, 0.1) is 18.4 Å². The van der Waals surface area contributed by atoms with Crippen LogP contribution in [-0.4, -0.2) is 45.8 Å². The van der Waals surface area contributed by atoms with Gasteiger partial charge in [-0.15, -0.1) is 0 Å². The van der Waals surface area contributed by atoms with Crippen molar-refractivity contribution < 1.29 is 9.53 Å². The molecule has 0 aliphatic carbocycles. The number of benzene rings is 3. The van der Waals surface area contributed by atoms with E-state index in [1.807, 2.05) is 18.2 Å². The summed E-state index contributed by atoms with van der Waals surface area (Å²) in [6.45, 7) is 3.98. The number of methoxy groups -OCH3 is 1. The molecule has 5 aromatic rings. The molecule has 38 heavy (non-hydrogen) atoms. The SMILES string of the molecule is COC(=O)c1ccc(C2CCN(Cc3ccc4c(ccn4Cc4ccc(-c5ccn[nH]5)cc4)c3)CC2)cc1. The van der Waals surface area contributed by atoms with Gasteiger partial charge >= 0.3 is 5.97 Å². The number of aromatic amines is 1. The Balaban J connectivity index is 1.06. The monoisotopic (exact) mass is 504 g/mol. The first kappa shape index (κ1) is 24.2. The summed E-state index contributed by atoms with van der Waals surface area (Å²) in [4.78, 5) is 14.3. The van der Waals surface area contributed by atoms with Crippen LogP contribution >= 0.6 is 0 Å². The predicted molar refractivity (Wildman–Crippen MR) is 150 cm³/mol. The Morgan fingerprint density at radius 3 is 2.39 bits per heavy atom. The first-order valence-corrected chi connectivity index (χ1v) is 13.2. The lowest BCUT2D eigenvalue weighted by atomic mass is 9.89. The van der Waals surface area contributed by atoms with E-state index in [1.54, 1.807) is 6.20 Å². The number of hydrogen-bond acceptors (Lipinski definition) is 4. The van der Waals surface area contributed by atoms with Gasteiger partial charge in [0.15, 0.2) is 0 Å². The maximum Gasteiger partial charge on any atom is 0.337 e. The predicted octanol–water partition coefficient (Wildman–Crippen LogP) is 6.25. The average Bonchev–Trinajstić information content (AvgIpc) is 3.64. The van der Waals surface area contributed by atoms with Gasteiger partial charge in [-0.2, -0.15) is 5.10 Å². The molecule has 0 amide bonds. The zero-order valence-corrected chi connectivity index (χ0v) is 21.6. The fraction of sp³-hybridized carbons (Fsp3) is 0.250. The molecule has 1 aliphatic heterocycles. The molecule has 6 rings (SSSR count).